The van der Waals surface area contributed by atoms with E-state index >= 15 is 0 Å². The van der Waals surface area contributed by atoms with Crippen molar-refractivity contribution in [1.82, 2.24) is 5.32 Å². The summed E-state index contributed by atoms with van der Waals surface area (Å²) in [6, 6.07) is 2.59. The fraction of sp³-hybridized carbons (Fsp3) is 0.765. The Morgan fingerprint density at radius 3 is 2.70 bits per heavy atom. The summed E-state index contributed by atoms with van der Waals surface area (Å²) in [5.74, 6) is 0.940. The van der Waals surface area contributed by atoms with Gasteiger partial charge in [0, 0.05) is 18.2 Å². The summed E-state index contributed by atoms with van der Waals surface area (Å²) >= 11 is 0. The highest BCUT2D eigenvalue weighted by atomic mass is 16.5. The zero-order valence-electron chi connectivity index (χ0n) is 13.4. The van der Waals surface area contributed by atoms with Crippen LogP contribution in [0.15, 0.2) is 16.7 Å². The van der Waals surface area contributed by atoms with Crippen LogP contribution < -0.4 is 5.32 Å². The lowest BCUT2D eigenvalue weighted by atomic mass is 9.76. The van der Waals surface area contributed by atoms with Gasteiger partial charge in [-0.3, -0.25) is 0 Å². The molecule has 0 aliphatic heterocycles. The van der Waals surface area contributed by atoms with Gasteiger partial charge in [-0.05, 0) is 37.2 Å². The smallest absolute Gasteiger partial charge is 0.129 e. The van der Waals surface area contributed by atoms with Crippen LogP contribution in [-0.4, -0.2) is 12.1 Å². The zero-order valence-corrected chi connectivity index (χ0v) is 13.4. The molecule has 1 N–H and O–H groups in total. The Bertz CT molecular complexity index is 399. The van der Waals surface area contributed by atoms with Crippen molar-refractivity contribution < 1.29 is 9.15 Å². The summed E-state index contributed by atoms with van der Waals surface area (Å²) < 4.78 is 11.6. The summed E-state index contributed by atoms with van der Waals surface area (Å²) in [7, 11) is 0. The summed E-state index contributed by atoms with van der Waals surface area (Å²) in [6.07, 6.45) is 7.12. The molecule has 3 nitrogen and oxygen atoms in total. The third-order valence-electron chi connectivity index (χ3n) is 4.17. The topological polar surface area (TPSA) is 34.4 Å². The first kappa shape index (κ1) is 15.6. The Balaban J connectivity index is 1.72. The minimum Gasteiger partial charge on any atom is -0.467 e. The number of nitrogens with one attached hydrogen (secondary N) is 1. The average Bonchev–Trinajstić information content (AvgIpc) is 2.83. The van der Waals surface area contributed by atoms with Crippen LogP contribution in [0.25, 0.3) is 0 Å². The van der Waals surface area contributed by atoms with Crippen LogP contribution in [0, 0.1) is 5.41 Å². The molecule has 1 aliphatic carbocycles. The van der Waals surface area contributed by atoms with Gasteiger partial charge in [0.1, 0.15) is 12.4 Å². The Kier molecular flexibility index (Phi) is 5.28. The van der Waals surface area contributed by atoms with Crippen molar-refractivity contribution in [3.05, 3.63) is 23.7 Å². The molecule has 0 spiro atoms. The van der Waals surface area contributed by atoms with Gasteiger partial charge in [0.15, 0.2) is 0 Å². The predicted octanol–water partition coefficient (Wildman–Crippen LogP) is 4.26. The van der Waals surface area contributed by atoms with Crippen LogP contribution in [0.4, 0.5) is 0 Å². The van der Waals surface area contributed by atoms with Crippen molar-refractivity contribution in [2.75, 3.05) is 0 Å². The molecule has 1 saturated carbocycles. The molecule has 114 valence electrons. The van der Waals surface area contributed by atoms with Crippen molar-refractivity contribution in [1.29, 1.82) is 0 Å². The number of ether oxygens (including phenoxy) is 1. The van der Waals surface area contributed by atoms with E-state index in [0.29, 0.717) is 24.2 Å². The van der Waals surface area contributed by atoms with Gasteiger partial charge >= 0.3 is 0 Å². The maximum atomic E-state index is 5.99. The first-order valence-electron chi connectivity index (χ1n) is 7.86. The van der Waals surface area contributed by atoms with Crippen LogP contribution in [-0.2, 0) is 17.9 Å². The number of hydrogen-bond donors (Lipinski definition) is 1. The van der Waals surface area contributed by atoms with Crippen LogP contribution >= 0.6 is 0 Å². The molecule has 0 bridgehead atoms. The first-order chi connectivity index (χ1) is 9.44. The number of rotatable bonds is 6. The van der Waals surface area contributed by atoms with Crippen molar-refractivity contribution in [3.63, 3.8) is 0 Å². The molecule has 0 radical (unpaired) electrons. The van der Waals surface area contributed by atoms with Gasteiger partial charge in [-0.1, -0.05) is 27.7 Å². The molecule has 2 rings (SSSR count). The van der Waals surface area contributed by atoms with Gasteiger partial charge in [-0.2, -0.15) is 0 Å². The van der Waals surface area contributed by atoms with E-state index in [1.807, 2.05) is 6.26 Å². The average molecular weight is 279 g/mol. The molecule has 1 heterocycles. The third-order valence-corrected chi connectivity index (χ3v) is 4.17. The van der Waals surface area contributed by atoms with E-state index in [-0.39, 0.29) is 0 Å². The first-order valence-corrected chi connectivity index (χ1v) is 7.86. The molecule has 1 fully saturated rings. The Morgan fingerprint density at radius 1 is 1.35 bits per heavy atom. The van der Waals surface area contributed by atoms with Gasteiger partial charge in [0.2, 0.25) is 0 Å². The molecule has 0 aromatic carbocycles. The Labute approximate surface area is 123 Å². The van der Waals surface area contributed by atoms with Gasteiger partial charge in [0.25, 0.3) is 0 Å². The third kappa shape index (κ3) is 4.95. The molecular formula is C17H29NO2. The van der Waals surface area contributed by atoms with Crippen molar-refractivity contribution >= 4 is 0 Å². The molecule has 0 saturated heterocycles. The van der Waals surface area contributed by atoms with Gasteiger partial charge in [-0.25, -0.2) is 0 Å². The SMILES string of the molecule is CC(C)NCc1coc(COC2CCC(C)(C)CC2)c1. The molecule has 0 atom stereocenters. The molecule has 3 heteroatoms. The minimum atomic E-state index is 0.408. The lowest BCUT2D eigenvalue weighted by molar-refractivity contribution is -0.0120. The molecule has 0 amide bonds. The van der Waals surface area contributed by atoms with E-state index in [9.17, 15) is 0 Å². The minimum absolute atomic E-state index is 0.408. The second-order valence-electron chi connectivity index (χ2n) is 7.13. The Morgan fingerprint density at radius 2 is 2.05 bits per heavy atom. The summed E-state index contributed by atoms with van der Waals surface area (Å²) in [5.41, 5.74) is 1.70. The van der Waals surface area contributed by atoms with E-state index in [4.69, 9.17) is 9.15 Å². The van der Waals surface area contributed by atoms with Crippen LogP contribution in [0.1, 0.15) is 64.7 Å². The highest BCUT2D eigenvalue weighted by Gasteiger charge is 2.27. The monoisotopic (exact) mass is 279 g/mol. The van der Waals surface area contributed by atoms with Crippen LogP contribution in [0.2, 0.25) is 0 Å². The summed E-state index contributed by atoms with van der Waals surface area (Å²) in [5, 5.41) is 3.39. The van der Waals surface area contributed by atoms with E-state index in [1.54, 1.807) is 0 Å². The fourth-order valence-corrected chi connectivity index (χ4v) is 2.66. The molecule has 20 heavy (non-hydrogen) atoms. The second-order valence-corrected chi connectivity index (χ2v) is 7.13. The van der Waals surface area contributed by atoms with Crippen molar-refractivity contribution in [2.45, 2.75) is 78.7 Å². The van der Waals surface area contributed by atoms with Crippen LogP contribution in [0.5, 0.6) is 0 Å². The van der Waals surface area contributed by atoms with E-state index in [2.05, 4.69) is 39.1 Å². The van der Waals surface area contributed by atoms with Gasteiger partial charge in [-0.15, -0.1) is 0 Å². The van der Waals surface area contributed by atoms with E-state index in [1.165, 1.54) is 31.2 Å². The van der Waals surface area contributed by atoms with E-state index in [0.717, 1.165) is 12.3 Å². The standard InChI is InChI=1S/C17H29NO2/c1-13(2)18-10-14-9-16(19-11-14)12-20-15-5-7-17(3,4)8-6-15/h9,11,13,15,18H,5-8,10,12H2,1-4H3. The van der Waals surface area contributed by atoms with Gasteiger partial charge < -0.3 is 14.5 Å². The molecule has 1 aromatic rings. The van der Waals surface area contributed by atoms with Crippen molar-refractivity contribution in [3.8, 4) is 0 Å². The molecular weight excluding hydrogens is 250 g/mol. The zero-order chi connectivity index (χ0) is 14.6. The number of furan rings is 1. The maximum absolute atomic E-state index is 5.99. The summed E-state index contributed by atoms with van der Waals surface area (Å²) in [6.45, 7) is 10.5. The second kappa shape index (κ2) is 6.77. The Hall–Kier alpha value is -0.800. The van der Waals surface area contributed by atoms with Crippen LogP contribution in [0.3, 0.4) is 0 Å². The lowest BCUT2D eigenvalue weighted by Gasteiger charge is -2.33. The maximum Gasteiger partial charge on any atom is 0.129 e. The summed E-state index contributed by atoms with van der Waals surface area (Å²) in [4.78, 5) is 0. The fourth-order valence-electron chi connectivity index (χ4n) is 2.66. The highest BCUT2D eigenvalue weighted by Crippen LogP contribution is 2.36. The van der Waals surface area contributed by atoms with E-state index < -0.39 is 0 Å². The quantitative estimate of drug-likeness (QED) is 0.844. The molecule has 0 unspecified atom stereocenters. The van der Waals surface area contributed by atoms with Crippen molar-refractivity contribution in [2.24, 2.45) is 5.41 Å². The molecule has 1 aliphatic rings. The molecule has 1 aromatic heterocycles. The largest absolute Gasteiger partial charge is 0.467 e. The van der Waals surface area contributed by atoms with Gasteiger partial charge in [0.05, 0.1) is 12.4 Å². The number of hydrogen-bond acceptors (Lipinski definition) is 3. The highest BCUT2D eigenvalue weighted by molar-refractivity contribution is 5.12. The normalized spacial score (nSPS) is 19.6. The predicted molar refractivity (Wildman–Crippen MR) is 81.5 cm³/mol. The lowest BCUT2D eigenvalue weighted by Crippen LogP contribution is -2.26.